The second-order valence-corrected chi connectivity index (χ2v) is 3.86. The zero-order valence-corrected chi connectivity index (χ0v) is 9.71. The zero-order valence-electron chi connectivity index (χ0n) is 9.71. The number of hydrogen-bond donors (Lipinski definition) is 0. The molecule has 4 nitrogen and oxygen atoms in total. The van der Waals surface area contributed by atoms with Gasteiger partial charge in [-0.2, -0.15) is 5.10 Å². The SMILES string of the molecule is COc1ccc(-c2ccn(C(C)C)n2)nc1. The molecule has 2 rings (SSSR count). The quantitative estimate of drug-likeness (QED) is 0.793. The number of nitrogens with zero attached hydrogens (tertiary/aromatic N) is 3. The van der Waals surface area contributed by atoms with E-state index in [1.54, 1.807) is 13.3 Å². The largest absolute Gasteiger partial charge is 0.495 e. The van der Waals surface area contributed by atoms with E-state index in [9.17, 15) is 0 Å². The second kappa shape index (κ2) is 4.35. The van der Waals surface area contributed by atoms with Crippen molar-refractivity contribution in [3.63, 3.8) is 0 Å². The average molecular weight is 217 g/mol. The lowest BCUT2D eigenvalue weighted by Crippen LogP contribution is -2.00. The maximum absolute atomic E-state index is 5.06. The van der Waals surface area contributed by atoms with Crippen LogP contribution < -0.4 is 4.74 Å². The maximum atomic E-state index is 5.06. The molecule has 0 aliphatic carbocycles. The molecule has 0 amide bonds. The smallest absolute Gasteiger partial charge is 0.137 e. The summed E-state index contributed by atoms with van der Waals surface area (Å²) < 4.78 is 6.98. The van der Waals surface area contributed by atoms with E-state index in [1.807, 2.05) is 29.1 Å². The van der Waals surface area contributed by atoms with Crippen LogP contribution in [0.15, 0.2) is 30.6 Å². The van der Waals surface area contributed by atoms with Gasteiger partial charge in [0.25, 0.3) is 0 Å². The molecule has 0 aliphatic rings. The molecule has 0 atom stereocenters. The summed E-state index contributed by atoms with van der Waals surface area (Å²) in [5.41, 5.74) is 1.75. The Kier molecular flexibility index (Phi) is 2.90. The van der Waals surface area contributed by atoms with Crippen molar-refractivity contribution in [3.8, 4) is 17.1 Å². The molecule has 2 heterocycles. The van der Waals surface area contributed by atoms with E-state index >= 15 is 0 Å². The maximum Gasteiger partial charge on any atom is 0.137 e. The van der Waals surface area contributed by atoms with Crippen LogP contribution in [-0.4, -0.2) is 21.9 Å². The van der Waals surface area contributed by atoms with Crippen LogP contribution in [0.2, 0.25) is 0 Å². The lowest BCUT2D eigenvalue weighted by Gasteiger charge is -2.03. The Labute approximate surface area is 94.9 Å². The van der Waals surface area contributed by atoms with Gasteiger partial charge in [0, 0.05) is 12.2 Å². The molecule has 0 spiro atoms. The van der Waals surface area contributed by atoms with Crippen molar-refractivity contribution in [1.29, 1.82) is 0 Å². The van der Waals surface area contributed by atoms with E-state index in [-0.39, 0.29) is 0 Å². The van der Waals surface area contributed by atoms with E-state index in [0.717, 1.165) is 17.1 Å². The van der Waals surface area contributed by atoms with E-state index in [1.165, 1.54) is 0 Å². The van der Waals surface area contributed by atoms with Crippen LogP contribution in [0.25, 0.3) is 11.4 Å². The van der Waals surface area contributed by atoms with E-state index in [0.29, 0.717) is 6.04 Å². The summed E-state index contributed by atoms with van der Waals surface area (Å²) in [5.74, 6) is 0.757. The first-order chi connectivity index (χ1) is 7.70. The third kappa shape index (κ3) is 2.05. The monoisotopic (exact) mass is 217 g/mol. The summed E-state index contributed by atoms with van der Waals surface area (Å²) in [4.78, 5) is 4.29. The van der Waals surface area contributed by atoms with Gasteiger partial charge in [-0.1, -0.05) is 0 Å². The van der Waals surface area contributed by atoms with Gasteiger partial charge >= 0.3 is 0 Å². The Balaban J connectivity index is 2.28. The Morgan fingerprint density at radius 1 is 1.19 bits per heavy atom. The molecular weight excluding hydrogens is 202 g/mol. The summed E-state index contributed by atoms with van der Waals surface area (Å²) in [6, 6.07) is 6.13. The zero-order chi connectivity index (χ0) is 11.5. The first-order valence-corrected chi connectivity index (χ1v) is 5.26. The highest BCUT2D eigenvalue weighted by atomic mass is 16.5. The van der Waals surface area contributed by atoms with Crippen molar-refractivity contribution < 1.29 is 4.74 Å². The van der Waals surface area contributed by atoms with Gasteiger partial charge in [0.15, 0.2) is 0 Å². The van der Waals surface area contributed by atoms with Crippen LogP contribution in [0.3, 0.4) is 0 Å². The third-order valence-corrected chi connectivity index (χ3v) is 2.37. The van der Waals surface area contributed by atoms with Crippen LogP contribution in [0.5, 0.6) is 5.75 Å². The second-order valence-electron chi connectivity index (χ2n) is 3.86. The van der Waals surface area contributed by atoms with Crippen molar-refractivity contribution in [2.24, 2.45) is 0 Å². The molecule has 0 saturated carbocycles. The molecule has 0 unspecified atom stereocenters. The Bertz CT molecular complexity index is 459. The van der Waals surface area contributed by atoms with Crippen LogP contribution in [0, 0.1) is 0 Å². The predicted molar refractivity (Wildman–Crippen MR) is 62.4 cm³/mol. The molecule has 0 N–H and O–H groups in total. The summed E-state index contributed by atoms with van der Waals surface area (Å²) in [7, 11) is 1.63. The summed E-state index contributed by atoms with van der Waals surface area (Å²) in [6.45, 7) is 4.19. The first-order valence-electron chi connectivity index (χ1n) is 5.26. The highest BCUT2D eigenvalue weighted by molar-refractivity contribution is 5.53. The van der Waals surface area contributed by atoms with Crippen molar-refractivity contribution >= 4 is 0 Å². The fourth-order valence-electron chi connectivity index (χ4n) is 1.41. The molecule has 4 heteroatoms. The van der Waals surface area contributed by atoms with Crippen LogP contribution >= 0.6 is 0 Å². The van der Waals surface area contributed by atoms with Crippen molar-refractivity contribution in [2.75, 3.05) is 7.11 Å². The summed E-state index contributed by atoms with van der Waals surface area (Å²) in [6.07, 6.45) is 3.66. The van der Waals surface area contributed by atoms with E-state index < -0.39 is 0 Å². The minimum Gasteiger partial charge on any atom is -0.495 e. The molecular formula is C12H15N3O. The minimum absolute atomic E-state index is 0.368. The molecule has 0 saturated heterocycles. The molecule has 0 radical (unpaired) electrons. The number of pyridine rings is 1. The fourth-order valence-corrected chi connectivity index (χ4v) is 1.41. The van der Waals surface area contributed by atoms with Gasteiger partial charge in [-0.05, 0) is 32.0 Å². The Hall–Kier alpha value is -1.84. The number of rotatable bonds is 3. The van der Waals surface area contributed by atoms with Gasteiger partial charge in [0.1, 0.15) is 11.4 Å². The number of methoxy groups -OCH3 is 1. The van der Waals surface area contributed by atoms with E-state index in [2.05, 4.69) is 23.9 Å². The fraction of sp³-hybridized carbons (Fsp3) is 0.333. The normalized spacial score (nSPS) is 10.8. The van der Waals surface area contributed by atoms with Crippen LogP contribution in [-0.2, 0) is 0 Å². The van der Waals surface area contributed by atoms with Crippen LogP contribution in [0.4, 0.5) is 0 Å². The topological polar surface area (TPSA) is 39.9 Å². The summed E-state index contributed by atoms with van der Waals surface area (Å²) in [5, 5.41) is 4.45. The van der Waals surface area contributed by atoms with Gasteiger partial charge in [0.2, 0.25) is 0 Å². The van der Waals surface area contributed by atoms with Crippen molar-refractivity contribution in [3.05, 3.63) is 30.6 Å². The molecule has 84 valence electrons. The molecule has 0 fully saturated rings. The third-order valence-electron chi connectivity index (χ3n) is 2.37. The van der Waals surface area contributed by atoms with Crippen molar-refractivity contribution in [2.45, 2.75) is 19.9 Å². The van der Waals surface area contributed by atoms with Gasteiger partial charge in [-0.3, -0.25) is 9.67 Å². The Morgan fingerprint density at radius 2 is 2.00 bits per heavy atom. The minimum atomic E-state index is 0.368. The molecule has 0 aromatic carbocycles. The van der Waals surface area contributed by atoms with Gasteiger partial charge in [-0.15, -0.1) is 0 Å². The first kappa shape index (κ1) is 10.7. The van der Waals surface area contributed by atoms with Gasteiger partial charge < -0.3 is 4.74 Å². The standard InChI is InChI=1S/C12H15N3O/c1-9(2)15-7-6-12(14-15)11-5-4-10(16-3)8-13-11/h4-9H,1-3H3. The highest BCUT2D eigenvalue weighted by Crippen LogP contribution is 2.18. The number of aromatic nitrogens is 3. The molecule has 2 aromatic rings. The molecule has 16 heavy (non-hydrogen) atoms. The lowest BCUT2D eigenvalue weighted by atomic mass is 10.3. The summed E-state index contributed by atoms with van der Waals surface area (Å²) >= 11 is 0. The predicted octanol–water partition coefficient (Wildman–Crippen LogP) is 2.53. The van der Waals surface area contributed by atoms with Gasteiger partial charge in [-0.25, -0.2) is 0 Å². The van der Waals surface area contributed by atoms with Crippen LogP contribution in [0.1, 0.15) is 19.9 Å². The number of hydrogen-bond acceptors (Lipinski definition) is 3. The molecule has 2 aromatic heterocycles. The van der Waals surface area contributed by atoms with E-state index in [4.69, 9.17) is 4.74 Å². The lowest BCUT2D eigenvalue weighted by molar-refractivity contribution is 0.413. The highest BCUT2D eigenvalue weighted by Gasteiger charge is 2.05. The molecule has 0 aliphatic heterocycles. The Morgan fingerprint density at radius 3 is 2.50 bits per heavy atom. The number of ether oxygens (including phenoxy) is 1. The van der Waals surface area contributed by atoms with Gasteiger partial charge in [0.05, 0.1) is 19.0 Å². The average Bonchev–Trinajstić information content (AvgIpc) is 2.78. The van der Waals surface area contributed by atoms with Crippen molar-refractivity contribution in [1.82, 2.24) is 14.8 Å². The molecule has 0 bridgehead atoms.